The van der Waals surface area contributed by atoms with Crippen LogP contribution in [0.1, 0.15) is 5.56 Å². The van der Waals surface area contributed by atoms with Gasteiger partial charge < -0.3 is 14.9 Å². The lowest BCUT2D eigenvalue weighted by Crippen LogP contribution is -1.97. The molecule has 0 fully saturated rings. The maximum absolute atomic E-state index is 5.78. The Morgan fingerprint density at radius 3 is 2.78 bits per heavy atom. The summed E-state index contributed by atoms with van der Waals surface area (Å²) in [4.78, 5) is 4.26. The van der Waals surface area contributed by atoms with Crippen molar-refractivity contribution >= 4 is 11.3 Å². The molecule has 0 radical (unpaired) electrons. The van der Waals surface area contributed by atoms with E-state index in [1.54, 1.807) is 6.20 Å². The number of hydrogen-bond donors (Lipinski definition) is 1. The molecule has 0 aliphatic carbocycles. The molecular formula is C14H13N3O. The van der Waals surface area contributed by atoms with Crippen LogP contribution in [0.4, 0.5) is 5.69 Å². The van der Waals surface area contributed by atoms with Crippen molar-refractivity contribution in [3.8, 4) is 5.75 Å². The number of imidazole rings is 1. The molecule has 0 amide bonds. The molecule has 90 valence electrons. The van der Waals surface area contributed by atoms with Gasteiger partial charge in [0.2, 0.25) is 0 Å². The zero-order valence-corrected chi connectivity index (χ0v) is 9.78. The SMILES string of the molecule is Nc1ccc(COc2cccn3ccnc23)cc1. The topological polar surface area (TPSA) is 52.5 Å². The number of hydrogen-bond acceptors (Lipinski definition) is 3. The molecule has 0 spiro atoms. The van der Waals surface area contributed by atoms with Crippen molar-refractivity contribution in [1.29, 1.82) is 0 Å². The van der Waals surface area contributed by atoms with Gasteiger partial charge in [-0.1, -0.05) is 12.1 Å². The van der Waals surface area contributed by atoms with Gasteiger partial charge in [0.25, 0.3) is 0 Å². The van der Waals surface area contributed by atoms with Crippen molar-refractivity contribution in [1.82, 2.24) is 9.38 Å². The summed E-state index contributed by atoms with van der Waals surface area (Å²) in [6.45, 7) is 0.507. The molecular weight excluding hydrogens is 226 g/mol. The fourth-order valence-electron chi connectivity index (χ4n) is 1.81. The maximum Gasteiger partial charge on any atom is 0.179 e. The Morgan fingerprint density at radius 2 is 1.94 bits per heavy atom. The zero-order chi connectivity index (χ0) is 12.4. The fourth-order valence-corrected chi connectivity index (χ4v) is 1.81. The van der Waals surface area contributed by atoms with Crippen LogP contribution in [0.2, 0.25) is 0 Å². The molecule has 2 aromatic heterocycles. The molecule has 0 saturated heterocycles. The molecule has 4 nitrogen and oxygen atoms in total. The second-order valence-corrected chi connectivity index (χ2v) is 4.06. The number of ether oxygens (including phenoxy) is 1. The highest BCUT2D eigenvalue weighted by Crippen LogP contribution is 2.19. The summed E-state index contributed by atoms with van der Waals surface area (Å²) in [6.07, 6.45) is 5.59. The summed E-state index contributed by atoms with van der Waals surface area (Å²) in [5.41, 5.74) is 8.31. The second-order valence-electron chi connectivity index (χ2n) is 4.06. The molecule has 0 saturated carbocycles. The molecule has 18 heavy (non-hydrogen) atoms. The van der Waals surface area contributed by atoms with Gasteiger partial charge in [-0.2, -0.15) is 0 Å². The lowest BCUT2D eigenvalue weighted by Gasteiger charge is -2.07. The van der Waals surface area contributed by atoms with Crippen LogP contribution >= 0.6 is 0 Å². The van der Waals surface area contributed by atoms with Crippen molar-refractivity contribution < 1.29 is 4.74 Å². The highest BCUT2D eigenvalue weighted by molar-refractivity contribution is 5.53. The minimum Gasteiger partial charge on any atom is -0.485 e. The number of benzene rings is 1. The van der Waals surface area contributed by atoms with Crippen LogP contribution in [0.25, 0.3) is 5.65 Å². The third-order valence-corrected chi connectivity index (χ3v) is 2.76. The first-order valence-corrected chi connectivity index (χ1v) is 5.72. The number of aromatic nitrogens is 2. The summed E-state index contributed by atoms with van der Waals surface area (Å²) < 4.78 is 7.71. The van der Waals surface area contributed by atoms with Gasteiger partial charge in [0.05, 0.1) is 0 Å². The van der Waals surface area contributed by atoms with E-state index in [0.717, 1.165) is 22.6 Å². The molecule has 2 N–H and O–H groups in total. The second kappa shape index (κ2) is 4.41. The van der Waals surface area contributed by atoms with Gasteiger partial charge in [0.15, 0.2) is 11.4 Å². The summed E-state index contributed by atoms with van der Waals surface area (Å²) >= 11 is 0. The van der Waals surface area contributed by atoms with Gasteiger partial charge >= 0.3 is 0 Å². The third-order valence-electron chi connectivity index (χ3n) is 2.76. The van der Waals surface area contributed by atoms with Gasteiger partial charge in [-0.3, -0.25) is 0 Å². The van der Waals surface area contributed by atoms with E-state index in [1.807, 2.05) is 53.2 Å². The number of nitrogens with two attached hydrogens (primary N) is 1. The van der Waals surface area contributed by atoms with Crippen LogP contribution in [0.3, 0.4) is 0 Å². The summed E-state index contributed by atoms with van der Waals surface area (Å²) in [6, 6.07) is 11.5. The number of nitrogen functional groups attached to an aromatic ring is 1. The number of pyridine rings is 1. The molecule has 0 unspecified atom stereocenters. The fraction of sp³-hybridized carbons (Fsp3) is 0.0714. The predicted molar refractivity (Wildman–Crippen MR) is 70.4 cm³/mol. The zero-order valence-electron chi connectivity index (χ0n) is 9.78. The third kappa shape index (κ3) is 2.00. The molecule has 4 heteroatoms. The molecule has 0 atom stereocenters. The Hall–Kier alpha value is -2.49. The van der Waals surface area contributed by atoms with Gasteiger partial charge in [0, 0.05) is 24.3 Å². The van der Waals surface area contributed by atoms with Crippen LogP contribution in [0.5, 0.6) is 5.75 Å². The highest BCUT2D eigenvalue weighted by Gasteiger charge is 2.03. The van der Waals surface area contributed by atoms with Crippen molar-refractivity contribution in [2.24, 2.45) is 0 Å². The van der Waals surface area contributed by atoms with Gasteiger partial charge in [-0.15, -0.1) is 0 Å². The molecule has 0 aliphatic rings. The monoisotopic (exact) mass is 239 g/mol. The Bertz CT molecular complexity index is 658. The van der Waals surface area contributed by atoms with Crippen LogP contribution < -0.4 is 10.5 Å². The molecule has 0 bridgehead atoms. The quantitative estimate of drug-likeness (QED) is 0.714. The van der Waals surface area contributed by atoms with E-state index in [0.29, 0.717) is 6.61 Å². The maximum atomic E-state index is 5.78. The first kappa shape index (κ1) is 10.7. The summed E-state index contributed by atoms with van der Waals surface area (Å²) in [5, 5.41) is 0. The smallest absolute Gasteiger partial charge is 0.179 e. The number of nitrogens with zero attached hydrogens (tertiary/aromatic N) is 2. The van der Waals surface area contributed by atoms with E-state index in [1.165, 1.54) is 0 Å². The van der Waals surface area contributed by atoms with E-state index in [4.69, 9.17) is 10.5 Å². The Kier molecular flexibility index (Phi) is 2.61. The standard InChI is InChI=1S/C14H13N3O/c15-12-5-3-11(4-6-12)10-18-13-2-1-8-17-9-7-16-14(13)17/h1-9H,10,15H2. The van der Waals surface area contributed by atoms with Gasteiger partial charge in [0.1, 0.15) is 6.61 Å². The van der Waals surface area contributed by atoms with Crippen molar-refractivity contribution in [2.75, 3.05) is 5.73 Å². The van der Waals surface area contributed by atoms with Crippen molar-refractivity contribution in [3.05, 3.63) is 60.6 Å². The van der Waals surface area contributed by atoms with Crippen molar-refractivity contribution in [3.63, 3.8) is 0 Å². The predicted octanol–water partition coefficient (Wildman–Crippen LogP) is 2.50. The van der Waals surface area contributed by atoms with Crippen LogP contribution in [0.15, 0.2) is 55.0 Å². The first-order valence-electron chi connectivity index (χ1n) is 5.72. The normalized spacial score (nSPS) is 10.7. The minimum absolute atomic E-state index is 0.507. The van der Waals surface area contributed by atoms with E-state index in [2.05, 4.69) is 4.98 Å². The van der Waals surface area contributed by atoms with Gasteiger partial charge in [-0.05, 0) is 29.8 Å². The Morgan fingerprint density at radius 1 is 1.11 bits per heavy atom. The van der Waals surface area contributed by atoms with Crippen molar-refractivity contribution in [2.45, 2.75) is 6.61 Å². The molecule has 1 aromatic carbocycles. The number of rotatable bonds is 3. The van der Waals surface area contributed by atoms with E-state index in [9.17, 15) is 0 Å². The molecule has 3 rings (SSSR count). The lowest BCUT2D eigenvalue weighted by atomic mass is 10.2. The Labute approximate surface area is 105 Å². The number of anilines is 1. The summed E-state index contributed by atoms with van der Waals surface area (Å²) in [7, 11) is 0. The molecule has 2 heterocycles. The molecule has 0 aliphatic heterocycles. The van der Waals surface area contributed by atoms with Gasteiger partial charge in [-0.25, -0.2) is 4.98 Å². The van der Waals surface area contributed by atoms with Crippen LogP contribution in [-0.4, -0.2) is 9.38 Å². The largest absolute Gasteiger partial charge is 0.485 e. The average Bonchev–Trinajstić information content (AvgIpc) is 2.87. The molecule has 3 aromatic rings. The lowest BCUT2D eigenvalue weighted by molar-refractivity contribution is 0.308. The van der Waals surface area contributed by atoms with Crippen LogP contribution in [-0.2, 0) is 6.61 Å². The van der Waals surface area contributed by atoms with Crippen LogP contribution in [0, 0.1) is 0 Å². The average molecular weight is 239 g/mol. The number of fused-ring (bicyclic) bond motifs is 1. The van der Waals surface area contributed by atoms with E-state index >= 15 is 0 Å². The van der Waals surface area contributed by atoms with E-state index in [-0.39, 0.29) is 0 Å². The minimum atomic E-state index is 0.507. The van der Waals surface area contributed by atoms with E-state index < -0.39 is 0 Å². The summed E-state index contributed by atoms with van der Waals surface area (Å²) in [5.74, 6) is 0.777. The highest BCUT2D eigenvalue weighted by atomic mass is 16.5. The first-order chi connectivity index (χ1) is 8.83. The Balaban J connectivity index is 1.80.